The number of amides is 3. The summed E-state index contributed by atoms with van der Waals surface area (Å²) in [6, 6.07) is 16.2. The van der Waals surface area contributed by atoms with Crippen LogP contribution in [-0.4, -0.2) is 54.1 Å². The number of thiocarbonyl (C=S) groups is 1. The number of hydrogen-bond acceptors (Lipinski definition) is 6. The minimum atomic E-state index is -0.507. The van der Waals surface area contributed by atoms with Crippen LogP contribution in [0, 0.1) is 5.92 Å². The van der Waals surface area contributed by atoms with Gasteiger partial charge in [0.1, 0.15) is 12.4 Å². The number of carbonyl (C=O) groups is 3. The van der Waals surface area contributed by atoms with E-state index in [2.05, 4.69) is 16.2 Å². The van der Waals surface area contributed by atoms with Gasteiger partial charge in [0.05, 0.1) is 12.5 Å². The molecule has 1 aliphatic heterocycles. The molecule has 3 N–H and O–H groups in total. The Morgan fingerprint density at radius 1 is 1.09 bits per heavy atom. The molecule has 2 aromatic carbocycles. The van der Waals surface area contributed by atoms with Gasteiger partial charge in [0, 0.05) is 31.7 Å². The maximum Gasteiger partial charge on any atom is 0.257 e. The minimum Gasteiger partial charge on any atom is -0.491 e. The van der Waals surface area contributed by atoms with Crippen molar-refractivity contribution in [3.63, 3.8) is 0 Å². The Hall–Kier alpha value is -3.50. The van der Waals surface area contributed by atoms with E-state index >= 15 is 0 Å². The first-order valence-electron chi connectivity index (χ1n) is 11.0. The molecular formula is C24H28N4O5S. The Kier molecular flexibility index (Phi) is 9.36. The number of ether oxygens (including phenoxy) is 2. The van der Waals surface area contributed by atoms with Crippen LogP contribution in [0.1, 0.15) is 29.3 Å². The molecule has 180 valence electrons. The van der Waals surface area contributed by atoms with E-state index in [4.69, 9.17) is 21.7 Å². The van der Waals surface area contributed by atoms with Gasteiger partial charge in [-0.15, -0.1) is 0 Å². The number of nitrogens with zero attached hydrogens (tertiary/aromatic N) is 1. The van der Waals surface area contributed by atoms with Crippen LogP contribution in [0.3, 0.4) is 0 Å². The van der Waals surface area contributed by atoms with E-state index in [-0.39, 0.29) is 23.3 Å². The van der Waals surface area contributed by atoms with E-state index < -0.39 is 11.8 Å². The third kappa shape index (κ3) is 7.53. The van der Waals surface area contributed by atoms with E-state index in [1.165, 1.54) is 0 Å². The lowest BCUT2D eigenvalue weighted by Crippen LogP contribution is -2.50. The molecule has 1 atom stereocenters. The maximum absolute atomic E-state index is 12.5. The van der Waals surface area contributed by atoms with Crippen molar-refractivity contribution in [2.75, 3.05) is 26.4 Å². The van der Waals surface area contributed by atoms with Crippen molar-refractivity contribution in [1.82, 2.24) is 21.1 Å². The summed E-state index contributed by atoms with van der Waals surface area (Å²) >= 11 is 5.11. The molecule has 0 aromatic heterocycles. The largest absolute Gasteiger partial charge is 0.491 e. The van der Waals surface area contributed by atoms with Gasteiger partial charge < -0.3 is 14.4 Å². The molecular weight excluding hydrogens is 456 g/mol. The van der Waals surface area contributed by atoms with Gasteiger partial charge >= 0.3 is 0 Å². The molecule has 34 heavy (non-hydrogen) atoms. The maximum atomic E-state index is 12.5. The second-order valence-corrected chi connectivity index (χ2v) is 8.04. The third-order valence-electron chi connectivity index (χ3n) is 5.12. The molecule has 9 nitrogen and oxygen atoms in total. The Bertz CT molecular complexity index is 1020. The average Bonchev–Trinajstić information content (AvgIpc) is 3.21. The minimum absolute atomic E-state index is 0.0634. The van der Waals surface area contributed by atoms with Crippen LogP contribution >= 0.6 is 12.2 Å². The predicted molar refractivity (Wildman–Crippen MR) is 130 cm³/mol. The molecule has 1 fully saturated rings. The predicted octanol–water partition coefficient (Wildman–Crippen LogP) is 1.79. The van der Waals surface area contributed by atoms with Gasteiger partial charge in [0.2, 0.25) is 11.8 Å². The molecule has 1 unspecified atom stereocenters. The summed E-state index contributed by atoms with van der Waals surface area (Å²) < 4.78 is 10.8. The van der Waals surface area contributed by atoms with Crippen molar-refractivity contribution in [3.05, 3.63) is 65.7 Å². The van der Waals surface area contributed by atoms with Crippen molar-refractivity contribution in [2.24, 2.45) is 5.92 Å². The van der Waals surface area contributed by atoms with Crippen molar-refractivity contribution in [1.29, 1.82) is 0 Å². The van der Waals surface area contributed by atoms with Crippen LogP contribution < -0.4 is 20.9 Å². The molecule has 0 radical (unpaired) electrons. The first kappa shape index (κ1) is 25.1. The lowest BCUT2D eigenvalue weighted by Gasteiger charge is -2.17. The quantitative estimate of drug-likeness (QED) is 0.283. The fraction of sp³-hybridized carbons (Fsp3) is 0.333. The summed E-state index contributed by atoms with van der Waals surface area (Å²) in [6.07, 6.45) is 0.121. The topological polar surface area (TPSA) is 109 Å². The molecule has 3 rings (SSSR count). The van der Waals surface area contributed by atoms with Gasteiger partial charge in [-0.2, -0.15) is 0 Å². The number of benzene rings is 2. The second-order valence-electron chi connectivity index (χ2n) is 7.63. The van der Waals surface area contributed by atoms with Crippen molar-refractivity contribution in [3.8, 4) is 5.75 Å². The van der Waals surface area contributed by atoms with Gasteiger partial charge in [-0.1, -0.05) is 36.4 Å². The van der Waals surface area contributed by atoms with Crippen LogP contribution in [0.25, 0.3) is 0 Å². The van der Waals surface area contributed by atoms with E-state index in [1.807, 2.05) is 37.3 Å². The van der Waals surface area contributed by atoms with Gasteiger partial charge in [0.15, 0.2) is 5.11 Å². The molecule has 0 aliphatic carbocycles. The average molecular weight is 485 g/mol. The fourth-order valence-electron chi connectivity index (χ4n) is 3.42. The van der Waals surface area contributed by atoms with E-state index in [0.29, 0.717) is 44.2 Å². The normalized spacial score (nSPS) is 15.0. The zero-order valence-corrected chi connectivity index (χ0v) is 19.7. The monoisotopic (exact) mass is 484 g/mol. The molecule has 0 bridgehead atoms. The Balaban J connectivity index is 1.42. The van der Waals surface area contributed by atoms with Crippen LogP contribution in [-0.2, 0) is 20.9 Å². The number of hydrazine groups is 1. The SMILES string of the molecule is CCOCCOc1cccc(C(=O)NC(=S)NNC(=O)C2CC(=O)N(Cc3ccccc3)C2)c1. The summed E-state index contributed by atoms with van der Waals surface area (Å²) in [7, 11) is 0. The molecule has 3 amide bonds. The van der Waals surface area contributed by atoms with Gasteiger partial charge in [0.25, 0.3) is 5.91 Å². The molecule has 1 heterocycles. The summed E-state index contributed by atoms with van der Waals surface area (Å²) in [5, 5.41) is 2.44. The van der Waals surface area contributed by atoms with E-state index in [0.717, 1.165) is 5.56 Å². The van der Waals surface area contributed by atoms with Gasteiger partial charge in [-0.25, -0.2) is 0 Å². The highest BCUT2D eigenvalue weighted by Gasteiger charge is 2.34. The van der Waals surface area contributed by atoms with E-state index in [1.54, 1.807) is 29.2 Å². The highest BCUT2D eigenvalue weighted by Crippen LogP contribution is 2.20. The molecule has 0 spiro atoms. The first-order chi connectivity index (χ1) is 16.5. The zero-order chi connectivity index (χ0) is 24.3. The summed E-state index contributed by atoms with van der Waals surface area (Å²) in [5.41, 5.74) is 6.35. The Labute approximate surface area is 203 Å². The molecule has 1 saturated heterocycles. The lowest BCUT2D eigenvalue weighted by molar-refractivity contribution is -0.129. The van der Waals surface area contributed by atoms with Gasteiger partial charge in [-0.05, 0) is 42.9 Å². The number of hydrogen-bond donors (Lipinski definition) is 3. The Morgan fingerprint density at radius 2 is 1.88 bits per heavy atom. The molecule has 0 saturated carbocycles. The lowest BCUT2D eigenvalue weighted by atomic mass is 10.1. The van der Waals surface area contributed by atoms with Gasteiger partial charge in [-0.3, -0.25) is 30.6 Å². The number of nitrogens with one attached hydrogen (secondary N) is 3. The van der Waals surface area contributed by atoms with Crippen molar-refractivity contribution in [2.45, 2.75) is 19.9 Å². The standard InChI is InChI=1S/C24H28N4O5S/c1-2-32-11-12-33-20-10-6-9-18(13-20)22(30)25-24(34)27-26-23(31)19-14-21(29)28(16-19)15-17-7-4-3-5-8-17/h3-10,13,19H,2,11-12,14-16H2,1H3,(H,26,31)(H2,25,27,30,34). The fourth-order valence-corrected chi connectivity index (χ4v) is 3.57. The highest BCUT2D eigenvalue weighted by atomic mass is 32.1. The number of likely N-dealkylation sites (tertiary alicyclic amines) is 1. The van der Waals surface area contributed by atoms with Crippen LogP contribution in [0.5, 0.6) is 5.75 Å². The van der Waals surface area contributed by atoms with Crippen LogP contribution in [0.4, 0.5) is 0 Å². The van der Waals surface area contributed by atoms with Crippen molar-refractivity contribution >= 4 is 35.1 Å². The Morgan fingerprint density at radius 3 is 2.65 bits per heavy atom. The molecule has 2 aromatic rings. The van der Waals surface area contributed by atoms with Crippen molar-refractivity contribution < 1.29 is 23.9 Å². The smallest absolute Gasteiger partial charge is 0.257 e. The summed E-state index contributed by atoms with van der Waals surface area (Å²) in [6.45, 7) is 4.11. The van der Waals surface area contributed by atoms with Crippen LogP contribution in [0.15, 0.2) is 54.6 Å². The molecule has 1 aliphatic rings. The second kappa shape index (κ2) is 12.7. The zero-order valence-electron chi connectivity index (χ0n) is 18.9. The first-order valence-corrected chi connectivity index (χ1v) is 11.4. The summed E-state index contributed by atoms with van der Waals surface area (Å²) in [5.74, 6) is -0.876. The third-order valence-corrected chi connectivity index (χ3v) is 5.33. The summed E-state index contributed by atoms with van der Waals surface area (Å²) in [4.78, 5) is 38.9. The van der Waals surface area contributed by atoms with E-state index in [9.17, 15) is 14.4 Å². The highest BCUT2D eigenvalue weighted by molar-refractivity contribution is 7.80. The number of rotatable bonds is 9. The van der Waals surface area contributed by atoms with Crippen LogP contribution in [0.2, 0.25) is 0 Å². The molecule has 10 heteroatoms. The number of carbonyl (C=O) groups excluding carboxylic acids is 3.